The highest BCUT2D eigenvalue weighted by Crippen LogP contribution is 2.23. The van der Waals surface area contributed by atoms with Gasteiger partial charge < -0.3 is 5.32 Å². The van der Waals surface area contributed by atoms with Crippen molar-refractivity contribution in [3.63, 3.8) is 0 Å². The van der Waals surface area contributed by atoms with Crippen LogP contribution in [0.15, 0.2) is 29.7 Å². The number of aromatic nitrogens is 3. The lowest BCUT2D eigenvalue weighted by Crippen LogP contribution is -2.07. The van der Waals surface area contributed by atoms with Crippen LogP contribution in [0.4, 0.5) is 5.95 Å². The molecule has 1 atom stereocenters. The number of hydrogen-bond acceptors (Lipinski definition) is 4. The Bertz CT molecular complexity index is 496. The normalized spacial score (nSPS) is 25.5. The number of nitrogens with one attached hydrogen (secondary N) is 1. The lowest BCUT2D eigenvalue weighted by Gasteiger charge is -2.17. The highest BCUT2D eigenvalue weighted by molar-refractivity contribution is 6.28. The van der Waals surface area contributed by atoms with Gasteiger partial charge >= 0.3 is 0 Å². The molecule has 0 spiro atoms. The number of anilines is 1. The van der Waals surface area contributed by atoms with Gasteiger partial charge in [0.25, 0.3) is 0 Å². The first-order valence-electron chi connectivity index (χ1n) is 6.68. The van der Waals surface area contributed by atoms with Crippen molar-refractivity contribution in [2.24, 2.45) is 5.92 Å². The smallest absolute Gasteiger partial charge is 0.231 e. The number of allylic oxidation sites excluding steroid dienone is 3. The van der Waals surface area contributed by atoms with Gasteiger partial charge in [0, 0.05) is 5.70 Å². The van der Waals surface area contributed by atoms with E-state index >= 15 is 0 Å². The van der Waals surface area contributed by atoms with Crippen molar-refractivity contribution < 1.29 is 0 Å². The second-order valence-corrected chi connectivity index (χ2v) is 5.15. The Kier molecular flexibility index (Phi) is 4.91. The zero-order valence-corrected chi connectivity index (χ0v) is 12.1. The molecule has 0 radical (unpaired) electrons. The first kappa shape index (κ1) is 14.0. The first-order chi connectivity index (χ1) is 9.19. The fourth-order valence-electron chi connectivity index (χ4n) is 2.18. The monoisotopic (exact) mass is 278 g/mol. The number of nitrogens with zero attached hydrogens (tertiary/aromatic N) is 3. The fourth-order valence-corrected chi connectivity index (χ4v) is 2.30. The van der Waals surface area contributed by atoms with Crippen LogP contribution in [0, 0.1) is 5.92 Å². The van der Waals surface area contributed by atoms with Crippen LogP contribution in [-0.4, -0.2) is 15.0 Å². The van der Waals surface area contributed by atoms with E-state index < -0.39 is 0 Å². The van der Waals surface area contributed by atoms with Crippen LogP contribution in [-0.2, 0) is 0 Å². The Morgan fingerprint density at radius 1 is 1.42 bits per heavy atom. The summed E-state index contributed by atoms with van der Waals surface area (Å²) in [5.74, 6) is 1.15. The summed E-state index contributed by atoms with van der Waals surface area (Å²) in [6.07, 6.45) is 10.6. The van der Waals surface area contributed by atoms with E-state index in [2.05, 4.69) is 46.3 Å². The van der Waals surface area contributed by atoms with Gasteiger partial charge in [-0.15, -0.1) is 0 Å². The van der Waals surface area contributed by atoms with Gasteiger partial charge in [-0.3, -0.25) is 0 Å². The molecule has 1 aromatic heterocycles. The third-order valence-electron chi connectivity index (χ3n) is 3.43. The maximum absolute atomic E-state index is 5.77. The van der Waals surface area contributed by atoms with Crippen LogP contribution in [0.5, 0.6) is 0 Å². The van der Waals surface area contributed by atoms with Crippen LogP contribution in [0.25, 0.3) is 0 Å². The highest BCUT2D eigenvalue weighted by atomic mass is 35.5. The highest BCUT2D eigenvalue weighted by Gasteiger charge is 2.09. The minimum atomic E-state index is 0.206. The standard InChI is InChI=1S/C14H19ClN4/c1-3-11-6-4-5-10(2)12(8-7-11)18-14-17-9-16-13(15)19-14/h7-9,11H,3-6H2,1-2H3,(H,16,17,18,19)/b8-7-,12-10-. The average Bonchev–Trinajstić information content (AvgIpc) is 2.38. The molecule has 19 heavy (non-hydrogen) atoms. The molecule has 2 rings (SSSR count). The number of hydrogen-bond donors (Lipinski definition) is 1. The summed E-state index contributed by atoms with van der Waals surface area (Å²) < 4.78 is 0. The summed E-state index contributed by atoms with van der Waals surface area (Å²) in [4.78, 5) is 11.9. The van der Waals surface area contributed by atoms with Gasteiger partial charge in [-0.1, -0.05) is 13.0 Å². The van der Waals surface area contributed by atoms with Gasteiger partial charge in [-0.25, -0.2) is 9.97 Å². The van der Waals surface area contributed by atoms with Crippen molar-refractivity contribution in [2.45, 2.75) is 39.5 Å². The number of rotatable bonds is 3. The van der Waals surface area contributed by atoms with Gasteiger partial charge in [0.05, 0.1) is 0 Å². The second-order valence-electron chi connectivity index (χ2n) is 4.82. The molecule has 0 saturated carbocycles. The van der Waals surface area contributed by atoms with E-state index in [9.17, 15) is 0 Å². The average molecular weight is 279 g/mol. The predicted octanol–water partition coefficient (Wildman–Crippen LogP) is 3.98. The minimum Gasteiger partial charge on any atom is -0.324 e. The van der Waals surface area contributed by atoms with Gasteiger partial charge in [0.1, 0.15) is 6.33 Å². The fraction of sp³-hybridized carbons (Fsp3) is 0.500. The lowest BCUT2D eigenvalue weighted by molar-refractivity contribution is 0.540. The summed E-state index contributed by atoms with van der Waals surface area (Å²) in [6.45, 7) is 4.37. The molecule has 0 aromatic carbocycles. The molecule has 0 bridgehead atoms. The van der Waals surface area contributed by atoms with Crippen LogP contribution in [0.2, 0.25) is 5.28 Å². The molecule has 0 aliphatic heterocycles. The van der Waals surface area contributed by atoms with Crippen molar-refractivity contribution in [1.29, 1.82) is 0 Å². The van der Waals surface area contributed by atoms with E-state index in [-0.39, 0.29) is 5.28 Å². The third-order valence-corrected chi connectivity index (χ3v) is 3.62. The quantitative estimate of drug-likeness (QED) is 0.909. The summed E-state index contributed by atoms with van der Waals surface area (Å²) >= 11 is 5.77. The molecule has 1 aromatic rings. The molecule has 0 fully saturated rings. The van der Waals surface area contributed by atoms with Crippen molar-refractivity contribution in [1.82, 2.24) is 15.0 Å². The molecular formula is C14H19ClN4. The predicted molar refractivity (Wildman–Crippen MR) is 77.9 cm³/mol. The molecule has 1 heterocycles. The molecule has 1 aliphatic carbocycles. The topological polar surface area (TPSA) is 50.7 Å². The largest absolute Gasteiger partial charge is 0.324 e. The van der Waals surface area contributed by atoms with Crippen LogP contribution < -0.4 is 5.32 Å². The molecule has 4 nitrogen and oxygen atoms in total. The Labute approximate surface area is 119 Å². The number of halogens is 1. The zero-order valence-electron chi connectivity index (χ0n) is 11.4. The molecule has 0 amide bonds. The molecule has 102 valence electrons. The lowest BCUT2D eigenvalue weighted by atomic mass is 9.93. The summed E-state index contributed by atoms with van der Waals surface area (Å²) in [7, 11) is 0. The summed E-state index contributed by atoms with van der Waals surface area (Å²) in [5.41, 5.74) is 2.39. The van der Waals surface area contributed by atoms with Crippen LogP contribution >= 0.6 is 11.6 Å². The molecule has 1 unspecified atom stereocenters. The van der Waals surface area contributed by atoms with Crippen molar-refractivity contribution in [3.8, 4) is 0 Å². The Hall–Kier alpha value is -1.42. The summed E-state index contributed by atoms with van der Waals surface area (Å²) in [5, 5.41) is 3.44. The van der Waals surface area contributed by atoms with E-state index in [1.807, 2.05) is 0 Å². The Morgan fingerprint density at radius 2 is 2.26 bits per heavy atom. The van der Waals surface area contributed by atoms with Gasteiger partial charge in [-0.05, 0) is 61.8 Å². The van der Waals surface area contributed by atoms with Crippen molar-refractivity contribution in [3.05, 3.63) is 35.0 Å². The Balaban J connectivity index is 2.18. The maximum Gasteiger partial charge on any atom is 0.231 e. The van der Waals surface area contributed by atoms with Gasteiger partial charge in [0.15, 0.2) is 0 Å². The molecule has 5 heteroatoms. The minimum absolute atomic E-state index is 0.206. The maximum atomic E-state index is 5.77. The third kappa shape index (κ3) is 4.03. The van der Waals surface area contributed by atoms with Gasteiger partial charge in [0.2, 0.25) is 11.2 Å². The molecule has 0 saturated heterocycles. The Morgan fingerprint density at radius 3 is 3.00 bits per heavy atom. The van der Waals surface area contributed by atoms with Crippen molar-refractivity contribution in [2.75, 3.05) is 5.32 Å². The molecule has 1 N–H and O–H groups in total. The zero-order chi connectivity index (χ0) is 13.7. The SMILES string of the molecule is CCC1/C=C\C(Nc2ncnc(Cl)n2)=C(/C)CCC1. The second kappa shape index (κ2) is 6.66. The molecule has 1 aliphatic rings. The van der Waals surface area contributed by atoms with E-state index in [4.69, 9.17) is 11.6 Å². The van der Waals surface area contributed by atoms with E-state index in [0.29, 0.717) is 11.9 Å². The first-order valence-corrected chi connectivity index (χ1v) is 7.06. The van der Waals surface area contributed by atoms with E-state index in [1.54, 1.807) is 0 Å². The van der Waals surface area contributed by atoms with Crippen molar-refractivity contribution >= 4 is 17.5 Å². The van der Waals surface area contributed by atoms with E-state index in [0.717, 1.165) is 12.1 Å². The summed E-state index contributed by atoms with van der Waals surface area (Å²) in [6, 6.07) is 0. The van der Waals surface area contributed by atoms with Gasteiger partial charge in [-0.2, -0.15) is 4.98 Å². The molecular weight excluding hydrogens is 260 g/mol. The van der Waals surface area contributed by atoms with Crippen LogP contribution in [0.3, 0.4) is 0 Å². The van der Waals surface area contributed by atoms with Crippen LogP contribution in [0.1, 0.15) is 39.5 Å². The van der Waals surface area contributed by atoms with E-state index in [1.165, 1.54) is 31.2 Å².